The molecule has 0 spiro atoms. The molecule has 98 valence electrons. The summed E-state index contributed by atoms with van der Waals surface area (Å²) >= 11 is 0. The molecule has 1 aromatic heterocycles. The van der Waals surface area contributed by atoms with Crippen molar-refractivity contribution < 1.29 is 0 Å². The number of hydrogen-bond donors (Lipinski definition) is 1. The Morgan fingerprint density at radius 1 is 1.11 bits per heavy atom. The molecule has 1 fully saturated rings. The normalized spacial score (nSPS) is 23.6. The van der Waals surface area contributed by atoms with E-state index in [0.29, 0.717) is 5.92 Å². The van der Waals surface area contributed by atoms with Crippen LogP contribution in [0.4, 0.5) is 0 Å². The largest absolute Gasteiger partial charge is 0.326 e. The van der Waals surface area contributed by atoms with Gasteiger partial charge in [-0.15, -0.1) is 0 Å². The Kier molecular flexibility index (Phi) is 3.58. The number of rotatable bonds is 3. The van der Waals surface area contributed by atoms with Crippen molar-refractivity contribution in [3.8, 4) is 0 Å². The lowest BCUT2D eigenvalue weighted by Gasteiger charge is -2.15. The van der Waals surface area contributed by atoms with E-state index in [1.165, 1.54) is 11.1 Å². The van der Waals surface area contributed by atoms with Crippen LogP contribution in [-0.2, 0) is 6.54 Å². The Balaban J connectivity index is 1.69. The zero-order valence-electron chi connectivity index (χ0n) is 10.9. The van der Waals surface area contributed by atoms with Crippen molar-refractivity contribution in [2.75, 3.05) is 13.1 Å². The van der Waals surface area contributed by atoms with Gasteiger partial charge in [0.1, 0.15) is 0 Å². The highest BCUT2D eigenvalue weighted by Crippen LogP contribution is 2.27. The predicted molar refractivity (Wildman–Crippen MR) is 76.7 cm³/mol. The third-order valence-electron chi connectivity index (χ3n) is 3.80. The lowest BCUT2D eigenvalue weighted by molar-refractivity contribution is 0.323. The van der Waals surface area contributed by atoms with Crippen molar-refractivity contribution in [2.24, 2.45) is 5.73 Å². The highest BCUT2D eigenvalue weighted by molar-refractivity contribution is 5.23. The van der Waals surface area contributed by atoms with Gasteiger partial charge in [0, 0.05) is 44.0 Å². The lowest BCUT2D eigenvalue weighted by Crippen LogP contribution is -2.28. The molecule has 1 aliphatic heterocycles. The molecule has 2 atom stereocenters. The topological polar surface area (TPSA) is 42.1 Å². The van der Waals surface area contributed by atoms with E-state index in [9.17, 15) is 0 Å². The summed E-state index contributed by atoms with van der Waals surface area (Å²) < 4.78 is 0. The molecule has 1 saturated heterocycles. The van der Waals surface area contributed by atoms with Crippen LogP contribution in [0.1, 0.15) is 17.0 Å². The third-order valence-corrected chi connectivity index (χ3v) is 3.80. The van der Waals surface area contributed by atoms with Gasteiger partial charge in [0.15, 0.2) is 0 Å². The second kappa shape index (κ2) is 5.51. The molecule has 19 heavy (non-hydrogen) atoms. The van der Waals surface area contributed by atoms with Crippen LogP contribution in [0.2, 0.25) is 0 Å². The Labute approximate surface area is 114 Å². The molecular formula is C16H19N3. The average Bonchev–Trinajstić information content (AvgIpc) is 2.82. The lowest BCUT2D eigenvalue weighted by atomic mass is 9.95. The molecule has 0 saturated carbocycles. The van der Waals surface area contributed by atoms with Gasteiger partial charge in [-0.25, -0.2) is 0 Å². The minimum Gasteiger partial charge on any atom is -0.326 e. The van der Waals surface area contributed by atoms with Crippen molar-refractivity contribution in [1.82, 2.24) is 9.88 Å². The van der Waals surface area contributed by atoms with Crippen molar-refractivity contribution in [2.45, 2.75) is 18.5 Å². The van der Waals surface area contributed by atoms with E-state index in [1.807, 2.05) is 18.5 Å². The summed E-state index contributed by atoms with van der Waals surface area (Å²) in [6.45, 7) is 2.92. The maximum atomic E-state index is 6.30. The maximum absolute atomic E-state index is 6.30. The molecule has 2 N–H and O–H groups in total. The van der Waals surface area contributed by atoms with E-state index in [2.05, 4.69) is 46.3 Å². The van der Waals surface area contributed by atoms with Gasteiger partial charge in [0.25, 0.3) is 0 Å². The molecule has 3 heteroatoms. The van der Waals surface area contributed by atoms with Crippen LogP contribution in [0.25, 0.3) is 0 Å². The standard InChI is InChI=1S/C16H19N3/c17-16-12-19(10-13-5-4-8-18-9-13)11-15(16)14-6-2-1-3-7-14/h1-9,15-16H,10-12,17H2/t15-,16+/m0/s1. The number of pyridine rings is 1. The fraction of sp³-hybridized carbons (Fsp3) is 0.312. The molecule has 0 unspecified atom stereocenters. The summed E-state index contributed by atoms with van der Waals surface area (Å²) in [5, 5.41) is 0. The smallest absolute Gasteiger partial charge is 0.0312 e. The Hall–Kier alpha value is -1.71. The van der Waals surface area contributed by atoms with Gasteiger partial charge in [0.05, 0.1) is 0 Å². The molecule has 1 aromatic carbocycles. The zero-order valence-corrected chi connectivity index (χ0v) is 10.9. The number of nitrogens with zero attached hydrogens (tertiary/aromatic N) is 2. The van der Waals surface area contributed by atoms with Crippen LogP contribution in [0, 0.1) is 0 Å². The summed E-state index contributed by atoms with van der Waals surface area (Å²) in [7, 11) is 0. The van der Waals surface area contributed by atoms with Crippen LogP contribution >= 0.6 is 0 Å². The third kappa shape index (κ3) is 2.83. The zero-order chi connectivity index (χ0) is 13.1. The molecule has 0 bridgehead atoms. The SMILES string of the molecule is N[C@@H]1CN(Cc2cccnc2)C[C@H]1c1ccccc1. The van der Waals surface area contributed by atoms with Crippen LogP contribution in [0.3, 0.4) is 0 Å². The fourth-order valence-electron chi connectivity index (χ4n) is 2.85. The first-order valence-electron chi connectivity index (χ1n) is 6.75. The van der Waals surface area contributed by atoms with Gasteiger partial charge < -0.3 is 5.73 Å². The molecular weight excluding hydrogens is 234 g/mol. The molecule has 1 aliphatic rings. The Morgan fingerprint density at radius 2 is 1.95 bits per heavy atom. The molecule has 2 heterocycles. The van der Waals surface area contributed by atoms with Crippen LogP contribution in [-0.4, -0.2) is 29.0 Å². The molecule has 0 amide bonds. The van der Waals surface area contributed by atoms with E-state index in [4.69, 9.17) is 5.73 Å². The Bertz CT molecular complexity index is 512. The summed E-state index contributed by atoms with van der Waals surface area (Å²) in [6, 6.07) is 14.9. The van der Waals surface area contributed by atoms with Gasteiger partial charge in [0.2, 0.25) is 0 Å². The molecule has 3 nitrogen and oxygen atoms in total. The minimum absolute atomic E-state index is 0.221. The van der Waals surface area contributed by atoms with Crippen LogP contribution in [0.15, 0.2) is 54.9 Å². The average molecular weight is 253 g/mol. The van der Waals surface area contributed by atoms with Crippen molar-refractivity contribution in [3.63, 3.8) is 0 Å². The first-order valence-corrected chi connectivity index (χ1v) is 6.75. The van der Waals surface area contributed by atoms with E-state index >= 15 is 0 Å². The van der Waals surface area contributed by atoms with Gasteiger partial charge in [-0.05, 0) is 17.2 Å². The number of benzene rings is 1. The second-order valence-corrected chi connectivity index (χ2v) is 5.24. The Morgan fingerprint density at radius 3 is 2.68 bits per heavy atom. The second-order valence-electron chi connectivity index (χ2n) is 5.24. The predicted octanol–water partition coefficient (Wildman–Crippen LogP) is 2.01. The summed E-state index contributed by atoms with van der Waals surface area (Å²) in [5.41, 5.74) is 8.90. The van der Waals surface area contributed by atoms with Gasteiger partial charge in [-0.3, -0.25) is 9.88 Å². The van der Waals surface area contributed by atoms with Crippen molar-refractivity contribution in [1.29, 1.82) is 0 Å². The number of aromatic nitrogens is 1. The quantitative estimate of drug-likeness (QED) is 0.910. The van der Waals surface area contributed by atoms with Crippen molar-refractivity contribution in [3.05, 3.63) is 66.0 Å². The molecule has 0 aliphatic carbocycles. The van der Waals surface area contributed by atoms with Gasteiger partial charge >= 0.3 is 0 Å². The molecule has 3 rings (SSSR count). The first-order chi connectivity index (χ1) is 9.33. The summed E-state index contributed by atoms with van der Waals surface area (Å²) in [4.78, 5) is 6.58. The van der Waals surface area contributed by atoms with Crippen molar-refractivity contribution >= 4 is 0 Å². The highest BCUT2D eigenvalue weighted by Gasteiger charge is 2.30. The molecule has 2 aromatic rings. The fourth-order valence-corrected chi connectivity index (χ4v) is 2.85. The van der Waals surface area contributed by atoms with E-state index in [-0.39, 0.29) is 6.04 Å². The number of nitrogens with two attached hydrogens (primary N) is 1. The summed E-state index contributed by atoms with van der Waals surface area (Å²) in [6.07, 6.45) is 3.74. The number of likely N-dealkylation sites (tertiary alicyclic amines) is 1. The minimum atomic E-state index is 0.221. The number of hydrogen-bond acceptors (Lipinski definition) is 3. The van der Waals surface area contributed by atoms with Gasteiger partial charge in [-0.2, -0.15) is 0 Å². The molecule has 0 radical (unpaired) electrons. The van der Waals surface area contributed by atoms with Gasteiger partial charge in [-0.1, -0.05) is 36.4 Å². The van der Waals surface area contributed by atoms with E-state index < -0.39 is 0 Å². The van der Waals surface area contributed by atoms with E-state index in [1.54, 1.807) is 0 Å². The monoisotopic (exact) mass is 253 g/mol. The van der Waals surface area contributed by atoms with E-state index in [0.717, 1.165) is 19.6 Å². The van der Waals surface area contributed by atoms with Crippen LogP contribution in [0.5, 0.6) is 0 Å². The highest BCUT2D eigenvalue weighted by atomic mass is 15.2. The summed E-state index contributed by atoms with van der Waals surface area (Å²) in [5.74, 6) is 0.442. The first kappa shape index (κ1) is 12.3. The maximum Gasteiger partial charge on any atom is 0.0312 e. The van der Waals surface area contributed by atoms with Crippen LogP contribution < -0.4 is 5.73 Å².